The van der Waals surface area contributed by atoms with Crippen LogP contribution in [0.15, 0.2) is 18.2 Å². The van der Waals surface area contributed by atoms with Crippen LogP contribution in [0.1, 0.15) is 30.9 Å². The summed E-state index contributed by atoms with van der Waals surface area (Å²) in [4.78, 5) is 4.31. The number of aromatic nitrogens is 1. The van der Waals surface area contributed by atoms with Crippen molar-refractivity contribution in [2.75, 3.05) is 5.73 Å². The fraction of sp³-hybridized carbons (Fsp3) is 0.500. The summed E-state index contributed by atoms with van der Waals surface area (Å²) >= 11 is 0. The summed E-state index contributed by atoms with van der Waals surface area (Å²) in [5.41, 5.74) is 12.6. The largest absolute Gasteiger partial charge is 0.384 e. The van der Waals surface area contributed by atoms with Crippen LogP contribution < -0.4 is 11.5 Å². The first kappa shape index (κ1) is 8.51. The lowest BCUT2D eigenvalue weighted by atomic mass is 10.0. The number of nitrogens with zero attached hydrogens (tertiary/aromatic N) is 1. The van der Waals surface area contributed by atoms with Gasteiger partial charge in [0, 0.05) is 17.7 Å². The summed E-state index contributed by atoms with van der Waals surface area (Å²) in [5, 5.41) is 0. The Bertz CT molecular complexity index is 298. The topological polar surface area (TPSA) is 64.9 Å². The van der Waals surface area contributed by atoms with E-state index in [1.165, 1.54) is 0 Å². The van der Waals surface area contributed by atoms with Crippen LogP contribution in [-0.4, -0.2) is 11.0 Å². The third-order valence-corrected chi connectivity index (χ3v) is 2.68. The van der Waals surface area contributed by atoms with Gasteiger partial charge in [0.2, 0.25) is 0 Å². The molecular formula is C10H15N3. The quantitative estimate of drug-likeness (QED) is 0.678. The lowest BCUT2D eigenvalue weighted by Crippen LogP contribution is -2.14. The zero-order chi connectivity index (χ0) is 9.26. The van der Waals surface area contributed by atoms with Crippen molar-refractivity contribution in [1.82, 2.24) is 4.98 Å². The molecule has 3 nitrogen and oxygen atoms in total. The van der Waals surface area contributed by atoms with Gasteiger partial charge in [-0.3, -0.25) is 0 Å². The first-order valence-electron chi connectivity index (χ1n) is 4.73. The minimum Gasteiger partial charge on any atom is -0.384 e. The fourth-order valence-corrected chi connectivity index (χ4v) is 1.98. The Labute approximate surface area is 78.1 Å². The van der Waals surface area contributed by atoms with Crippen LogP contribution in [0.3, 0.4) is 0 Å². The van der Waals surface area contributed by atoms with Crippen molar-refractivity contribution in [3.8, 4) is 0 Å². The Morgan fingerprint density at radius 2 is 2.15 bits per heavy atom. The Morgan fingerprint density at radius 3 is 2.77 bits per heavy atom. The van der Waals surface area contributed by atoms with Crippen molar-refractivity contribution < 1.29 is 0 Å². The Hall–Kier alpha value is -1.09. The predicted octanol–water partition coefficient (Wildman–Crippen LogP) is 1.26. The normalized spacial score (nSPS) is 27.8. The van der Waals surface area contributed by atoms with Crippen molar-refractivity contribution in [2.45, 2.75) is 31.2 Å². The molecule has 13 heavy (non-hydrogen) atoms. The van der Waals surface area contributed by atoms with Gasteiger partial charge < -0.3 is 11.5 Å². The smallest absolute Gasteiger partial charge is 0.123 e. The SMILES string of the molecule is Nc1cccc(C2CCC(N)C2)n1. The fourth-order valence-electron chi connectivity index (χ4n) is 1.98. The summed E-state index contributed by atoms with van der Waals surface area (Å²) in [6, 6.07) is 6.17. The summed E-state index contributed by atoms with van der Waals surface area (Å²) in [6.45, 7) is 0. The van der Waals surface area contributed by atoms with Crippen molar-refractivity contribution in [3.05, 3.63) is 23.9 Å². The average molecular weight is 177 g/mol. The van der Waals surface area contributed by atoms with Crippen LogP contribution in [0.2, 0.25) is 0 Å². The van der Waals surface area contributed by atoms with Gasteiger partial charge in [0.1, 0.15) is 5.82 Å². The van der Waals surface area contributed by atoms with Crippen LogP contribution in [0, 0.1) is 0 Å². The second-order valence-electron chi connectivity index (χ2n) is 3.76. The molecule has 1 saturated carbocycles. The van der Waals surface area contributed by atoms with Crippen molar-refractivity contribution in [3.63, 3.8) is 0 Å². The molecule has 70 valence electrons. The molecule has 0 saturated heterocycles. The van der Waals surface area contributed by atoms with Crippen LogP contribution >= 0.6 is 0 Å². The van der Waals surface area contributed by atoms with Gasteiger partial charge >= 0.3 is 0 Å². The summed E-state index contributed by atoms with van der Waals surface area (Å²) < 4.78 is 0. The van der Waals surface area contributed by atoms with E-state index in [2.05, 4.69) is 4.98 Å². The first-order chi connectivity index (χ1) is 6.25. The van der Waals surface area contributed by atoms with E-state index in [1.807, 2.05) is 18.2 Å². The molecule has 0 radical (unpaired) electrons. The summed E-state index contributed by atoms with van der Waals surface area (Å²) in [7, 11) is 0. The van der Waals surface area contributed by atoms with Gasteiger partial charge in [0.05, 0.1) is 0 Å². The second-order valence-corrected chi connectivity index (χ2v) is 3.76. The van der Waals surface area contributed by atoms with Crippen molar-refractivity contribution in [1.29, 1.82) is 0 Å². The highest BCUT2D eigenvalue weighted by Gasteiger charge is 2.23. The zero-order valence-corrected chi connectivity index (χ0v) is 7.61. The molecule has 1 aliphatic rings. The zero-order valence-electron chi connectivity index (χ0n) is 7.61. The van der Waals surface area contributed by atoms with Crippen LogP contribution in [0.4, 0.5) is 5.82 Å². The highest BCUT2D eigenvalue weighted by molar-refractivity contribution is 5.30. The standard InChI is InChI=1S/C10H15N3/c11-8-5-4-7(6-8)9-2-1-3-10(12)13-9/h1-3,7-8H,4-6,11H2,(H2,12,13). The lowest BCUT2D eigenvalue weighted by Gasteiger charge is -2.08. The molecule has 2 rings (SSSR count). The molecular weight excluding hydrogens is 162 g/mol. The molecule has 1 aromatic heterocycles. The molecule has 0 aliphatic heterocycles. The van der Waals surface area contributed by atoms with Crippen LogP contribution in [0.25, 0.3) is 0 Å². The van der Waals surface area contributed by atoms with Gasteiger partial charge in [-0.05, 0) is 31.4 Å². The highest BCUT2D eigenvalue weighted by Crippen LogP contribution is 2.32. The van der Waals surface area contributed by atoms with Gasteiger partial charge in [-0.1, -0.05) is 6.07 Å². The molecule has 3 heteroatoms. The molecule has 0 bridgehead atoms. The van der Waals surface area contributed by atoms with E-state index in [-0.39, 0.29) is 0 Å². The molecule has 2 atom stereocenters. The molecule has 1 fully saturated rings. The predicted molar refractivity (Wildman–Crippen MR) is 53.2 cm³/mol. The van der Waals surface area contributed by atoms with E-state index in [0.717, 1.165) is 25.0 Å². The highest BCUT2D eigenvalue weighted by atomic mass is 14.8. The molecule has 1 aliphatic carbocycles. The Morgan fingerprint density at radius 1 is 1.31 bits per heavy atom. The summed E-state index contributed by atoms with van der Waals surface area (Å²) in [5.74, 6) is 1.14. The number of hydrogen-bond donors (Lipinski definition) is 2. The number of nitrogens with two attached hydrogens (primary N) is 2. The van der Waals surface area contributed by atoms with E-state index >= 15 is 0 Å². The molecule has 0 amide bonds. The maximum Gasteiger partial charge on any atom is 0.123 e. The second kappa shape index (κ2) is 3.34. The molecule has 1 heterocycles. The molecule has 0 aromatic carbocycles. The maximum atomic E-state index is 5.84. The third-order valence-electron chi connectivity index (χ3n) is 2.68. The molecule has 2 unspecified atom stereocenters. The number of anilines is 1. The summed E-state index contributed by atoms with van der Waals surface area (Å²) in [6.07, 6.45) is 3.31. The van der Waals surface area contributed by atoms with Crippen LogP contribution in [-0.2, 0) is 0 Å². The van der Waals surface area contributed by atoms with Gasteiger partial charge in [0.15, 0.2) is 0 Å². The minimum absolute atomic E-state index is 0.355. The van der Waals surface area contributed by atoms with E-state index in [4.69, 9.17) is 11.5 Å². The van der Waals surface area contributed by atoms with Gasteiger partial charge in [-0.25, -0.2) is 4.98 Å². The Kier molecular flexibility index (Phi) is 2.19. The monoisotopic (exact) mass is 177 g/mol. The van der Waals surface area contributed by atoms with Gasteiger partial charge in [-0.2, -0.15) is 0 Å². The Balaban J connectivity index is 2.16. The number of nitrogen functional groups attached to an aromatic ring is 1. The molecule has 0 spiro atoms. The number of hydrogen-bond acceptors (Lipinski definition) is 3. The lowest BCUT2D eigenvalue weighted by molar-refractivity contribution is 0.662. The molecule has 4 N–H and O–H groups in total. The van der Waals surface area contributed by atoms with E-state index in [1.54, 1.807) is 0 Å². The third kappa shape index (κ3) is 1.80. The van der Waals surface area contributed by atoms with Crippen molar-refractivity contribution in [2.24, 2.45) is 5.73 Å². The van der Waals surface area contributed by atoms with E-state index < -0.39 is 0 Å². The molecule has 1 aromatic rings. The van der Waals surface area contributed by atoms with E-state index in [0.29, 0.717) is 17.8 Å². The number of rotatable bonds is 1. The minimum atomic E-state index is 0.355. The average Bonchev–Trinajstić information content (AvgIpc) is 2.52. The first-order valence-corrected chi connectivity index (χ1v) is 4.73. The van der Waals surface area contributed by atoms with E-state index in [9.17, 15) is 0 Å². The van der Waals surface area contributed by atoms with Crippen molar-refractivity contribution >= 4 is 5.82 Å². The van der Waals surface area contributed by atoms with Gasteiger partial charge in [0.25, 0.3) is 0 Å². The number of pyridine rings is 1. The maximum absolute atomic E-state index is 5.84. The van der Waals surface area contributed by atoms with Gasteiger partial charge in [-0.15, -0.1) is 0 Å². The van der Waals surface area contributed by atoms with Crippen LogP contribution in [0.5, 0.6) is 0 Å².